The van der Waals surface area contributed by atoms with E-state index in [4.69, 9.17) is 11.1 Å². The van der Waals surface area contributed by atoms with Crippen LogP contribution < -0.4 is 16.4 Å². The van der Waals surface area contributed by atoms with Crippen molar-refractivity contribution in [3.8, 4) is 11.1 Å². The third-order valence-corrected chi connectivity index (χ3v) is 4.32. The van der Waals surface area contributed by atoms with Crippen molar-refractivity contribution < 1.29 is 9.59 Å². The topological polar surface area (TPSA) is 108 Å². The van der Waals surface area contributed by atoms with Crippen LogP contribution in [-0.4, -0.2) is 17.6 Å². The standard InChI is InChI=1S/C23H22N4O2.ClH/c24-23(25)18-9-11-20(12-10-18)27-22(29)14-21(28)26-15-16-5-4-8-19(13-16)17-6-2-1-3-7-17;/h1-13H,14-15H2,(H3,24,25)(H,26,28)(H,27,29);1H. The molecule has 3 aromatic rings. The number of nitrogens with one attached hydrogen (secondary N) is 3. The lowest BCUT2D eigenvalue weighted by Crippen LogP contribution is -2.27. The van der Waals surface area contributed by atoms with E-state index >= 15 is 0 Å². The number of anilines is 1. The van der Waals surface area contributed by atoms with Gasteiger partial charge in [0.25, 0.3) is 0 Å². The van der Waals surface area contributed by atoms with E-state index in [1.165, 1.54) is 0 Å². The van der Waals surface area contributed by atoms with Crippen LogP contribution in [0.15, 0.2) is 78.9 Å². The second-order valence-corrected chi connectivity index (χ2v) is 6.56. The maximum absolute atomic E-state index is 12.1. The maximum Gasteiger partial charge on any atom is 0.233 e. The molecule has 0 radical (unpaired) electrons. The number of benzene rings is 3. The Morgan fingerprint density at radius 2 is 1.50 bits per heavy atom. The van der Waals surface area contributed by atoms with Gasteiger partial charge >= 0.3 is 0 Å². The zero-order chi connectivity index (χ0) is 20.6. The molecule has 0 saturated heterocycles. The monoisotopic (exact) mass is 422 g/mol. The van der Waals surface area contributed by atoms with Crippen LogP contribution in [-0.2, 0) is 16.1 Å². The second-order valence-electron chi connectivity index (χ2n) is 6.56. The molecule has 7 heteroatoms. The molecule has 0 spiro atoms. The predicted molar refractivity (Wildman–Crippen MR) is 122 cm³/mol. The van der Waals surface area contributed by atoms with Crippen molar-refractivity contribution in [1.82, 2.24) is 5.32 Å². The molecule has 0 heterocycles. The van der Waals surface area contributed by atoms with Crippen molar-refractivity contribution in [2.45, 2.75) is 13.0 Å². The molecule has 0 unspecified atom stereocenters. The van der Waals surface area contributed by atoms with E-state index in [1.807, 2.05) is 54.6 Å². The second kappa shape index (κ2) is 10.8. The fraction of sp³-hybridized carbons (Fsp3) is 0.0870. The molecule has 0 aliphatic rings. The molecule has 3 rings (SSSR count). The van der Waals surface area contributed by atoms with Crippen LogP contribution >= 0.6 is 12.4 Å². The van der Waals surface area contributed by atoms with Gasteiger partial charge < -0.3 is 16.4 Å². The molecule has 3 aromatic carbocycles. The molecule has 154 valence electrons. The van der Waals surface area contributed by atoms with Crippen LogP contribution in [0.1, 0.15) is 17.5 Å². The third kappa shape index (κ3) is 6.46. The van der Waals surface area contributed by atoms with Gasteiger partial charge in [-0.25, -0.2) is 0 Å². The first-order chi connectivity index (χ1) is 14.0. The molecule has 5 N–H and O–H groups in total. The first-order valence-electron chi connectivity index (χ1n) is 9.16. The lowest BCUT2D eigenvalue weighted by Gasteiger charge is -2.09. The number of amides is 2. The number of hydrogen-bond donors (Lipinski definition) is 4. The fourth-order valence-electron chi connectivity index (χ4n) is 2.84. The van der Waals surface area contributed by atoms with Gasteiger partial charge in [-0.2, -0.15) is 0 Å². The maximum atomic E-state index is 12.1. The van der Waals surface area contributed by atoms with Crippen molar-refractivity contribution in [3.63, 3.8) is 0 Å². The van der Waals surface area contributed by atoms with Gasteiger partial charge in [0.05, 0.1) is 0 Å². The van der Waals surface area contributed by atoms with Gasteiger partial charge in [0.2, 0.25) is 11.8 Å². The molecule has 0 bridgehead atoms. The van der Waals surface area contributed by atoms with Crippen molar-refractivity contribution >= 4 is 35.7 Å². The number of halogens is 1. The Kier molecular flexibility index (Phi) is 8.14. The molecule has 0 aliphatic heterocycles. The zero-order valence-electron chi connectivity index (χ0n) is 16.2. The normalized spacial score (nSPS) is 9.87. The van der Waals surface area contributed by atoms with Crippen LogP contribution in [0.2, 0.25) is 0 Å². The van der Waals surface area contributed by atoms with Crippen LogP contribution in [0.25, 0.3) is 11.1 Å². The number of amidine groups is 1. The van der Waals surface area contributed by atoms with E-state index in [0.717, 1.165) is 16.7 Å². The first-order valence-corrected chi connectivity index (χ1v) is 9.16. The summed E-state index contributed by atoms with van der Waals surface area (Å²) in [5.41, 5.74) is 9.65. The average molecular weight is 423 g/mol. The van der Waals surface area contributed by atoms with Crippen LogP contribution in [0.5, 0.6) is 0 Å². The van der Waals surface area contributed by atoms with Crippen LogP contribution in [0.4, 0.5) is 5.69 Å². The van der Waals surface area contributed by atoms with Gasteiger partial charge in [-0.1, -0.05) is 48.5 Å². The molecule has 2 amide bonds. The van der Waals surface area contributed by atoms with Crippen molar-refractivity contribution in [1.29, 1.82) is 5.41 Å². The molecule has 0 saturated carbocycles. The number of carbonyl (C=O) groups is 2. The Labute approximate surface area is 181 Å². The Balaban J connectivity index is 0.00000320. The predicted octanol–water partition coefficient (Wildman–Crippen LogP) is 3.70. The molecule has 0 atom stereocenters. The lowest BCUT2D eigenvalue weighted by atomic mass is 10.0. The minimum absolute atomic E-state index is 0. The summed E-state index contributed by atoms with van der Waals surface area (Å²) in [6.07, 6.45) is -0.271. The largest absolute Gasteiger partial charge is 0.384 e. The highest BCUT2D eigenvalue weighted by Crippen LogP contribution is 2.19. The molecular weight excluding hydrogens is 400 g/mol. The van der Waals surface area contributed by atoms with Crippen LogP contribution in [0.3, 0.4) is 0 Å². The summed E-state index contributed by atoms with van der Waals surface area (Å²) in [4.78, 5) is 24.2. The number of nitrogen functional groups attached to an aromatic ring is 1. The highest BCUT2D eigenvalue weighted by Gasteiger charge is 2.10. The molecule has 0 fully saturated rings. The van der Waals surface area contributed by atoms with Gasteiger partial charge in [0, 0.05) is 17.8 Å². The quantitative estimate of drug-likeness (QED) is 0.265. The summed E-state index contributed by atoms with van der Waals surface area (Å²) in [7, 11) is 0. The van der Waals surface area contributed by atoms with Crippen LogP contribution in [0, 0.1) is 5.41 Å². The first kappa shape index (κ1) is 22.6. The number of rotatable bonds is 7. The Bertz CT molecular complexity index is 1020. The van der Waals surface area contributed by atoms with Gasteiger partial charge in [-0.05, 0) is 47.0 Å². The van der Waals surface area contributed by atoms with Crippen molar-refractivity contribution in [2.75, 3.05) is 5.32 Å². The Morgan fingerprint density at radius 3 is 2.17 bits per heavy atom. The molecule has 0 aliphatic carbocycles. The third-order valence-electron chi connectivity index (χ3n) is 4.32. The zero-order valence-corrected chi connectivity index (χ0v) is 17.0. The van der Waals surface area contributed by atoms with Gasteiger partial charge in [-0.15, -0.1) is 12.4 Å². The molecule has 0 aromatic heterocycles. The van der Waals surface area contributed by atoms with E-state index in [0.29, 0.717) is 17.8 Å². The summed E-state index contributed by atoms with van der Waals surface area (Å²) < 4.78 is 0. The van der Waals surface area contributed by atoms with Gasteiger partial charge in [0.15, 0.2) is 0 Å². The van der Waals surface area contributed by atoms with E-state index in [-0.39, 0.29) is 30.6 Å². The Morgan fingerprint density at radius 1 is 0.833 bits per heavy atom. The summed E-state index contributed by atoms with van der Waals surface area (Å²) in [6.45, 7) is 0.347. The average Bonchev–Trinajstić information content (AvgIpc) is 2.73. The van der Waals surface area contributed by atoms with E-state index in [2.05, 4.69) is 10.6 Å². The number of hydrogen-bond acceptors (Lipinski definition) is 3. The summed E-state index contributed by atoms with van der Waals surface area (Å²) in [5, 5.41) is 12.8. The smallest absolute Gasteiger partial charge is 0.233 e. The number of carbonyl (C=O) groups excluding carboxylic acids is 2. The molecule has 6 nitrogen and oxygen atoms in total. The SMILES string of the molecule is Cl.N=C(N)c1ccc(NC(=O)CC(=O)NCc2cccc(-c3ccccc3)c2)cc1. The summed E-state index contributed by atoms with van der Waals surface area (Å²) >= 11 is 0. The van der Waals surface area contributed by atoms with Gasteiger partial charge in [0.1, 0.15) is 12.3 Å². The van der Waals surface area contributed by atoms with Gasteiger partial charge in [-0.3, -0.25) is 15.0 Å². The lowest BCUT2D eigenvalue weighted by molar-refractivity contribution is -0.126. The van der Waals surface area contributed by atoms with E-state index < -0.39 is 5.91 Å². The van der Waals surface area contributed by atoms with Crippen molar-refractivity contribution in [2.24, 2.45) is 5.73 Å². The van der Waals surface area contributed by atoms with E-state index in [9.17, 15) is 9.59 Å². The van der Waals surface area contributed by atoms with Crippen molar-refractivity contribution in [3.05, 3.63) is 90.0 Å². The fourth-order valence-corrected chi connectivity index (χ4v) is 2.84. The highest BCUT2D eigenvalue weighted by atomic mass is 35.5. The Hall–Kier alpha value is -3.64. The minimum Gasteiger partial charge on any atom is -0.384 e. The minimum atomic E-state index is -0.406. The number of nitrogens with two attached hydrogens (primary N) is 1. The summed E-state index contributed by atoms with van der Waals surface area (Å²) in [6, 6.07) is 24.5. The highest BCUT2D eigenvalue weighted by molar-refractivity contribution is 6.03. The summed E-state index contributed by atoms with van der Waals surface area (Å²) in [5.74, 6) is -0.803. The van der Waals surface area contributed by atoms with E-state index in [1.54, 1.807) is 24.3 Å². The molecular formula is C23H23ClN4O2. The molecule has 30 heavy (non-hydrogen) atoms.